The Morgan fingerprint density at radius 3 is 1.15 bits per heavy atom. The number of furan rings is 1. The fourth-order valence-electron chi connectivity index (χ4n) is 9.80. The molecule has 0 aliphatic rings. The molecule has 12 aromatic rings. The molecule has 0 aliphatic heterocycles. The molecule has 0 aliphatic carbocycles. The summed E-state index contributed by atoms with van der Waals surface area (Å²) in [5.41, 5.74) is -2.82. The van der Waals surface area contributed by atoms with Gasteiger partial charge in [0.2, 0.25) is 0 Å². The van der Waals surface area contributed by atoms with Crippen molar-refractivity contribution in [2.24, 2.45) is 0 Å². The van der Waals surface area contributed by atoms with Crippen LogP contribution in [0.4, 0.5) is 52.7 Å². The Morgan fingerprint density at radius 1 is 0.295 bits per heavy atom. The molecule has 0 unspecified atom stereocenters. The third-order valence-corrected chi connectivity index (χ3v) is 13.5. The Balaban J connectivity index is 1.18. The number of alkyl halides is 12. The highest BCUT2D eigenvalue weighted by atomic mass is 19.4. The molecular weight excluding hydrogens is 1030 g/mol. The predicted octanol–water partition coefficient (Wildman–Crippen LogP) is 18.9. The van der Waals surface area contributed by atoms with Crippen molar-refractivity contribution in [1.82, 2.24) is 19.5 Å². The summed E-state index contributed by atoms with van der Waals surface area (Å²) in [6, 6.07) is 47.0. The van der Waals surface area contributed by atoms with E-state index in [-0.39, 0.29) is 63.0 Å². The van der Waals surface area contributed by atoms with Crippen LogP contribution in [0, 0.1) is 0 Å². The molecular formula is C61H32F12N4O. The van der Waals surface area contributed by atoms with Gasteiger partial charge in [0.25, 0.3) is 0 Å². The number of rotatable bonds is 7. The standard InChI is InChI=1S/C61H32F12N4O/c62-58(63,64)41-23-39(24-42(31-41)59(65,66)67)36-15-19-45-46-20-16-37(40-25-43(60(68,69)70)32-44(26-40)61(71,72)73)29-52(46)77(51(45)28-36)50-22-18-35(38-17-21-48-47-13-7-8-14-53(47)78-54(48)30-38)27-49(50)57-75-55(33-9-3-1-4-10-33)74-56(76-57)34-11-5-2-6-12-34/h1-32H. The largest absolute Gasteiger partial charge is 0.456 e. The van der Waals surface area contributed by atoms with Crippen molar-refractivity contribution < 1.29 is 57.1 Å². The van der Waals surface area contributed by atoms with Crippen molar-refractivity contribution in [2.75, 3.05) is 0 Å². The van der Waals surface area contributed by atoms with Crippen molar-refractivity contribution in [3.63, 3.8) is 0 Å². The monoisotopic (exact) mass is 1060 g/mol. The SMILES string of the molecule is FC(F)(F)c1cc(-c2ccc3c4ccc(-c5cc(C(F)(F)F)cc(C(F)(F)F)c5)cc4n(-c4ccc(-c5ccc6c(c5)oc5ccccc56)cc4-c4nc(-c5ccccc5)nc(-c5ccccc5)n4)c3c2)cc(C(F)(F)F)c1. The van der Waals surface area contributed by atoms with Crippen molar-refractivity contribution >= 4 is 43.7 Å². The highest BCUT2D eigenvalue weighted by Crippen LogP contribution is 2.45. The lowest BCUT2D eigenvalue weighted by Gasteiger charge is -2.18. The maximum absolute atomic E-state index is 14.3. The van der Waals surface area contributed by atoms with Gasteiger partial charge in [-0.3, -0.25) is 0 Å². The topological polar surface area (TPSA) is 56.7 Å². The van der Waals surface area contributed by atoms with E-state index in [0.717, 1.165) is 10.8 Å². The van der Waals surface area contributed by atoms with Gasteiger partial charge in [-0.1, -0.05) is 115 Å². The van der Waals surface area contributed by atoms with Gasteiger partial charge in [0, 0.05) is 38.2 Å². The summed E-state index contributed by atoms with van der Waals surface area (Å²) in [5.74, 6) is 0.551. The van der Waals surface area contributed by atoms with Crippen molar-refractivity contribution in [2.45, 2.75) is 24.7 Å². The smallest absolute Gasteiger partial charge is 0.416 e. The number of halogens is 12. The van der Waals surface area contributed by atoms with E-state index in [2.05, 4.69) is 0 Å². The van der Waals surface area contributed by atoms with Crippen LogP contribution < -0.4 is 0 Å². The van der Waals surface area contributed by atoms with Crippen LogP contribution in [0.5, 0.6) is 0 Å². The molecule has 0 atom stereocenters. The molecule has 0 saturated carbocycles. The molecule has 78 heavy (non-hydrogen) atoms. The van der Waals surface area contributed by atoms with E-state index in [9.17, 15) is 52.7 Å². The van der Waals surface area contributed by atoms with E-state index in [1.54, 1.807) is 71.3 Å². The number of aromatic nitrogens is 4. The summed E-state index contributed by atoms with van der Waals surface area (Å²) in [5, 5.41) is 2.44. The second kappa shape index (κ2) is 18.2. The summed E-state index contributed by atoms with van der Waals surface area (Å²) in [6.07, 6.45) is -20.7. The molecule has 0 radical (unpaired) electrons. The molecule has 0 amide bonds. The normalized spacial score (nSPS) is 12.6. The van der Waals surface area contributed by atoms with Gasteiger partial charge in [0.15, 0.2) is 17.5 Å². The minimum absolute atomic E-state index is 0.0143. The molecule has 0 bridgehead atoms. The van der Waals surface area contributed by atoms with Crippen LogP contribution >= 0.6 is 0 Å². The van der Waals surface area contributed by atoms with Crippen LogP contribution in [-0.2, 0) is 24.7 Å². The van der Waals surface area contributed by atoms with Crippen LogP contribution in [0.3, 0.4) is 0 Å². The van der Waals surface area contributed by atoms with Gasteiger partial charge in [-0.15, -0.1) is 0 Å². The Kier molecular flexibility index (Phi) is 11.6. The number of para-hydroxylation sites is 1. The van der Waals surface area contributed by atoms with Gasteiger partial charge >= 0.3 is 24.7 Å². The van der Waals surface area contributed by atoms with Gasteiger partial charge in [0.05, 0.1) is 39.0 Å². The van der Waals surface area contributed by atoms with E-state index in [1.807, 2.05) is 54.6 Å². The van der Waals surface area contributed by atoms with Crippen molar-refractivity contribution in [3.05, 3.63) is 216 Å². The lowest BCUT2D eigenvalue weighted by Crippen LogP contribution is -2.11. The molecule has 3 heterocycles. The number of hydrogen-bond acceptors (Lipinski definition) is 4. The lowest BCUT2D eigenvalue weighted by atomic mass is 9.97. The summed E-state index contributed by atoms with van der Waals surface area (Å²) < 4.78 is 180. The lowest BCUT2D eigenvalue weighted by molar-refractivity contribution is -0.144. The highest BCUT2D eigenvalue weighted by Gasteiger charge is 2.39. The Bertz CT molecular complexity index is 4070. The number of hydrogen-bond donors (Lipinski definition) is 0. The summed E-state index contributed by atoms with van der Waals surface area (Å²) in [7, 11) is 0. The molecule has 17 heteroatoms. The molecule has 5 nitrogen and oxygen atoms in total. The van der Waals surface area contributed by atoms with Gasteiger partial charge in [0.1, 0.15) is 11.2 Å². The van der Waals surface area contributed by atoms with Gasteiger partial charge in [-0.2, -0.15) is 52.7 Å². The Labute approximate surface area is 433 Å². The first kappa shape index (κ1) is 49.6. The molecule has 9 aromatic carbocycles. The summed E-state index contributed by atoms with van der Waals surface area (Å²) in [6.45, 7) is 0. The zero-order valence-electron chi connectivity index (χ0n) is 39.7. The molecule has 0 fully saturated rings. The molecule has 3 aromatic heterocycles. The van der Waals surface area contributed by atoms with E-state index < -0.39 is 58.1 Å². The van der Waals surface area contributed by atoms with Crippen LogP contribution in [0.1, 0.15) is 22.3 Å². The van der Waals surface area contributed by atoms with Crippen LogP contribution in [0.25, 0.3) is 117 Å². The van der Waals surface area contributed by atoms with E-state index >= 15 is 0 Å². The van der Waals surface area contributed by atoms with E-state index in [1.165, 1.54) is 36.4 Å². The fourth-order valence-corrected chi connectivity index (χ4v) is 9.80. The van der Waals surface area contributed by atoms with Gasteiger partial charge in [-0.25, -0.2) is 15.0 Å². The first-order chi connectivity index (χ1) is 37.1. The summed E-state index contributed by atoms with van der Waals surface area (Å²) >= 11 is 0. The van der Waals surface area contributed by atoms with E-state index in [4.69, 9.17) is 19.4 Å². The first-order valence-electron chi connectivity index (χ1n) is 23.8. The quantitative estimate of drug-likeness (QED) is 0.149. The minimum Gasteiger partial charge on any atom is -0.456 e. The Hall–Kier alpha value is -9.25. The highest BCUT2D eigenvalue weighted by molar-refractivity contribution is 6.12. The number of benzene rings is 9. The Morgan fingerprint density at radius 2 is 0.679 bits per heavy atom. The molecule has 0 spiro atoms. The van der Waals surface area contributed by atoms with Crippen LogP contribution in [0.15, 0.2) is 199 Å². The number of fused-ring (bicyclic) bond motifs is 6. The van der Waals surface area contributed by atoms with Crippen molar-refractivity contribution in [1.29, 1.82) is 0 Å². The molecule has 0 N–H and O–H groups in total. The van der Waals surface area contributed by atoms with Crippen molar-refractivity contribution in [3.8, 4) is 73.2 Å². The van der Waals surface area contributed by atoms with Crippen LogP contribution in [-0.4, -0.2) is 19.5 Å². The molecule has 0 saturated heterocycles. The number of nitrogens with zero attached hydrogens (tertiary/aromatic N) is 4. The van der Waals surface area contributed by atoms with Gasteiger partial charge in [-0.05, 0) is 112 Å². The third kappa shape index (κ3) is 9.13. The zero-order valence-corrected chi connectivity index (χ0v) is 39.7. The zero-order chi connectivity index (χ0) is 54.5. The van der Waals surface area contributed by atoms with E-state index in [0.29, 0.717) is 68.5 Å². The summed E-state index contributed by atoms with van der Waals surface area (Å²) in [4.78, 5) is 14.9. The first-order valence-corrected chi connectivity index (χ1v) is 23.8. The second-order valence-electron chi connectivity index (χ2n) is 18.5. The minimum atomic E-state index is -5.19. The fraction of sp³-hybridized carbons (Fsp3) is 0.0656. The maximum Gasteiger partial charge on any atom is 0.416 e. The third-order valence-electron chi connectivity index (χ3n) is 13.5. The maximum atomic E-state index is 14.3. The average molecular weight is 1060 g/mol. The predicted molar refractivity (Wildman–Crippen MR) is 274 cm³/mol. The molecule has 386 valence electrons. The van der Waals surface area contributed by atoms with Gasteiger partial charge < -0.3 is 8.98 Å². The average Bonchev–Trinajstić information content (AvgIpc) is 4.20. The second-order valence-corrected chi connectivity index (χ2v) is 18.5. The van der Waals surface area contributed by atoms with Crippen LogP contribution in [0.2, 0.25) is 0 Å². The molecule has 12 rings (SSSR count).